The second-order valence-corrected chi connectivity index (χ2v) is 5.02. The Hall–Kier alpha value is -2.37. The lowest BCUT2D eigenvalue weighted by atomic mass is 10.1. The van der Waals surface area contributed by atoms with Crippen LogP contribution in [0.15, 0.2) is 24.3 Å². The van der Waals surface area contributed by atoms with E-state index in [1.807, 2.05) is 31.2 Å². The summed E-state index contributed by atoms with van der Waals surface area (Å²) in [6, 6.07) is 7.54. The number of nitrogens with zero attached hydrogens (tertiary/aromatic N) is 1. The number of hydrogen-bond acceptors (Lipinski definition) is 4. The van der Waals surface area contributed by atoms with Crippen LogP contribution in [0.2, 0.25) is 0 Å². The quantitative estimate of drug-likeness (QED) is 0.826. The molecule has 6 heteroatoms. The molecule has 2 rings (SSSR count). The molecule has 1 N–H and O–H groups in total. The van der Waals surface area contributed by atoms with Crippen LogP contribution in [0, 0.1) is 12.8 Å². The molecular formula is C15H18N2O4. The van der Waals surface area contributed by atoms with E-state index in [0.29, 0.717) is 0 Å². The van der Waals surface area contributed by atoms with E-state index < -0.39 is 11.9 Å². The lowest BCUT2D eigenvalue weighted by molar-refractivity contribution is -0.152. The molecule has 6 nitrogen and oxygen atoms in total. The van der Waals surface area contributed by atoms with Crippen LogP contribution in [0.25, 0.3) is 0 Å². The number of carbonyl (C=O) groups excluding carboxylic acids is 3. The maximum Gasteiger partial charge on any atom is 0.311 e. The van der Waals surface area contributed by atoms with Crippen molar-refractivity contribution in [2.24, 2.45) is 5.92 Å². The van der Waals surface area contributed by atoms with E-state index in [2.05, 4.69) is 5.32 Å². The van der Waals surface area contributed by atoms with Crippen LogP contribution < -0.4 is 10.2 Å². The molecule has 0 saturated carbocycles. The van der Waals surface area contributed by atoms with Gasteiger partial charge in [-0.3, -0.25) is 14.4 Å². The predicted octanol–water partition coefficient (Wildman–Crippen LogP) is 0.637. The minimum Gasteiger partial charge on any atom is -0.455 e. The second-order valence-electron chi connectivity index (χ2n) is 5.02. The molecule has 21 heavy (non-hydrogen) atoms. The van der Waals surface area contributed by atoms with Gasteiger partial charge in [-0.1, -0.05) is 17.7 Å². The van der Waals surface area contributed by atoms with Crippen LogP contribution in [-0.2, 0) is 19.1 Å². The Balaban J connectivity index is 1.97. The molecule has 0 aromatic heterocycles. The summed E-state index contributed by atoms with van der Waals surface area (Å²) in [5.74, 6) is -1.52. The monoisotopic (exact) mass is 290 g/mol. The third-order valence-electron chi connectivity index (χ3n) is 3.43. The molecule has 1 aromatic rings. The Morgan fingerprint density at radius 1 is 1.33 bits per heavy atom. The highest BCUT2D eigenvalue weighted by molar-refractivity contribution is 5.99. The van der Waals surface area contributed by atoms with Crippen molar-refractivity contribution in [2.45, 2.75) is 13.3 Å². The van der Waals surface area contributed by atoms with Crippen molar-refractivity contribution in [1.82, 2.24) is 5.32 Å². The predicted molar refractivity (Wildman–Crippen MR) is 76.7 cm³/mol. The van der Waals surface area contributed by atoms with E-state index in [9.17, 15) is 14.4 Å². The van der Waals surface area contributed by atoms with Gasteiger partial charge in [0, 0.05) is 25.7 Å². The number of esters is 1. The van der Waals surface area contributed by atoms with Crippen molar-refractivity contribution in [3.8, 4) is 0 Å². The van der Waals surface area contributed by atoms with Gasteiger partial charge in [0.2, 0.25) is 5.91 Å². The Kier molecular flexibility index (Phi) is 4.57. The first-order valence-corrected chi connectivity index (χ1v) is 6.75. The van der Waals surface area contributed by atoms with Gasteiger partial charge in [-0.05, 0) is 19.1 Å². The van der Waals surface area contributed by atoms with Crippen molar-refractivity contribution in [2.75, 3.05) is 25.1 Å². The van der Waals surface area contributed by atoms with E-state index in [1.54, 1.807) is 4.90 Å². The number of rotatable bonds is 4. The summed E-state index contributed by atoms with van der Waals surface area (Å²) >= 11 is 0. The molecule has 0 aliphatic carbocycles. The molecule has 2 amide bonds. The van der Waals surface area contributed by atoms with E-state index in [4.69, 9.17) is 4.74 Å². The molecule has 1 saturated heterocycles. The highest BCUT2D eigenvalue weighted by Gasteiger charge is 2.36. The second kappa shape index (κ2) is 6.39. The number of benzene rings is 1. The zero-order chi connectivity index (χ0) is 15.4. The summed E-state index contributed by atoms with van der Waals surface area (Å²) in [6.07, 6.45) is 0.112. The first kappa shape index (κ1) is 15.0. The minimum absolute atomic E-state index is 0.110. The van der Waals surface area contributed by atoms with Crippen molar-refractivity contribution in [3.05, 3.63) is 29.8 Å². The first-order chi connectivity index (χ1) is 10.0. The SMILES string of the molecule is CNC(=O)COC(=O)[C@H]1CC(=O)N(c2ccc(C)cc2)C1. The third kappa shape index (κ3) is 3.59. The molecule has 1 aliphatic rings. The number of aryl methyl sites for hydroxylation is 1. The van der Waals surface area contributed by atoms with Crippen LogP contribution in [0.4, 0.5) is 5.69 Å². The Morgan fingerprint density at radius 2 is 2.00 bits per heavy atom. The van der Waals surface area contributed by atoms with E-state index >= 15 is 0 Å². The number of likely N-dealkylation sites (N-methyl/N-ethyl adjacent to an activating group) is 1. The normalized spacial score (nSPS) is 17.7. The molecule has 1 heterocycles. The summed E-state index contributed by atoms with van der Waals surface area (Å²) in [6.45, 7) is 1.94. The highest BCUT2D eigenvalue weighted by atomic mass is 16.5. The van der Waals surface area contributed by atoms with Crippen molar-refractivity contribution in [1.29, 1.82) is 0 Å². The molecule has 1 fully saturated rings. The molecule has 1 aromatic carbocycles. The van der Waals surface area contributed by atoms with Crippen molar-refractivity contribution >= 4 is 23.5 Å². The lowest BCUT2D eigenvalue weighted by Crippen LogP contribution is -2.29. The number of hydrogen-bond donors (Lipinski definition) is 1. The molecular weight excluding hydrogens is 272 g/mol. The summed E-state index contributed by atoms with van der Waals surface area (Å²) in [5, 5.41) is 2.37. The Bertz CT molecular complexity index is 553. The van der Waals surface area contributed by atoms with Gasteiger partial charge in [0.25, 0.3) is 5.91 Å². The largest absolute Gasteiger partial charge is 0.455 e. The maximum absolute atomic E-state index is 12.0. The van der Waals surface area contributed by atoms with Gasteiger partial charge in [-0.25, -0.2) is 0 Å². The zero-order valence-corrected chi connectivity index (χ0v) is 12.1. The van der Waals surface area contributed by atoms with Gasteiger partial charge >= 0.3 is 5.97 Å². The van der Waals surface area contributed by atoms with Gasteiger partial charge in [0.15, 0.2) is 6.61 Å². The van der Waals surface area contributed by atoms with Crippen LogP contribution in [0.1, 0.15) is 12.0 Å². The van der Waals surface area contributed by atoms with Gasteiger partial charge in [-0.2, -0.15) is 0 Å². The fraction of sp³-hybridized carbons (Fsp3) is 0.400. The molecule has 0 unspecified atom stereocenters. The smallest absolute Gasteiger partial charge is 0.311 e. The van der Waals surface area contributed by atoms with Gasteiger partial charge in [-0.15, -0.1) is 0 Å². The number of amides is 2. The summed E-state index contributed by atoms with van der Waals surface area (Å²) in [5.41, 5.74) is 1.87. The lowest BCUT2D eigenvalue weighted by Gasteiger charge is -2.16. The van der Waals surface area contributed by atoms with Crippen LogP contribution in [0.3, 0.4) is 0 Å². The molecule has 1 atom stereocenters. The number of carbonyl (C=O) groups is 3. The molecule has 0 bridgehead atoms. The molecule has 0 radical (unpaired) electrons. The highest BCUT2D eigenvalue weighted by Crippen LogP contribution is 2.26. The molecule has 1 aliphatic heterocycles. The van der Waals surface area contributed by atoms with Gasteiger partial charge in [0.1, 0.15) is 0 Å². The average Bonchev–Trinajstić information content (AvgIpc) is 2.87. The van der Waals surface area contributed by atoms with Crippen LogP contribution in [0.5, 0.6) is 0 Å². The summed E-state index contributed by atoms with van der Waals surface area (Å²) in [7, 11) is 1.47. The molecule has 112 valence electrons. The standard InChI is InChI=1S/C15H18N2O4/c1-10-3-5-12(6-4-10)17-8-11(7-14(17)19)15(20)21-9-13(18)16-2/h3-6,11H,7-9H2,1-2H3,(H,16,18)/t11-/m0/s1. The first-order valence-electron chi connectivity index (χ1n) is 6.75. The molecule has 0 spiro atoms. The van der Waals surface area contributed by atoms with Gasteiger partial charge in [0.05, 0.1) is 5.92 Å². The maximum atomic E-state index is 12.0. The topological polar surface area (TPSA) is 75.7 Å². The van der Waals surface area contributed by atoms with E-state index in [-0.39, 0.29) is 31.4 Å². The third-order valence-corrected chi connectivity index (χ3v) is 3.43. The van der Waals surface area contributed by atoms with Crippen molar-refractivity contribution < 1.29 is 19.1 Å². The van der Waals surface area contributed by atoms with Gasteiger partial charge < -0.3 is 15.0 Å². The van der Waals surface area contributed by atoms with E-state index in [1.165, 1.54) is 7.05 Å². The van der Waals surface area contributed by atoms with Crippen LogP contribution >= 0.6 is 0 Å². The minimum atomic E-state index is -0.525. The fourth-order valence-electron chi connectivity index (χ4n) is 2.17. The zero-order valence-electron chi connectivity index (χ0n) is 12.1. The van der Waals surface area contributed by atoms with Crippen LogP contribution in [-0.4, -0.2) is 38.0 Å². The number of ether oxygens (including phenoxy) is 1. The number of anilines is 1. The van der Waals surface area contributed by atoms with E-state index in [0.717, 1.165) is 11.3 Å². The summed E-state index contributed by atoms with van der Waals surface area (Å²) in [4.78, 5) is 36.5. The Morgan fingerprint density at radius 3 is 2.62 bits per heavy atom. The number of nitrogens with one attached hydrogen (secondary N) is 1. The fourth-order valence-corrected chi connectivity index (χ4v) is 2.17. The van der Waals surface area contributed by atoms with Crippen molar-refractivity contribution in [3.63, 3.8) is 0 Å². The Labute approximate surface area is 123 Å². The average molecular weight is 290 g/mol. The summed E-state index contributed by atoms with van der Waals surface area (Å²) < 4.78 is 4.90.